The van der Waals surface area contributed by atoms with Crippen molar-refractivity contribution in [1.29, 1.82) is 5.26 Å². The van der Waals surface area contributed by atoms with E-state index in [4.69, 9.17) is 11.0 Å². The average molecular weight is 209 g/mol. The Morgan fingerprint density at radius 3 is 2.67 bits per heavy atom. The fraction of sp³-hybridized carbons (Fsp3) is 0.917. The summed E-state index contributed by atoms with van der Waals surface area (Å²) >= 11 is 0. The minimum atomic E-state index is -0.293. The van der Waals surface area contributed by atoms with E-state index in [1.807, 2.05) is 0 Å². The van der Waals surface area contributed by atoms with Crippen LogP contribution in [0.25, 0.3) is 0 Å². The smallest absolute Gasteiger partial charge is 0.0940 e. The molecule has 15 heavy (non-hydrogen) atoms. The van der Waals surface area contributed by atoms with Gasteiger partial charge in [-0.25, -0.2) is 0 Å². The standard InChI is InChI=1S/C12H23N3/c1-12(2,3)10-4-6-15(9-10)7-5-11(14)8-13/h10-11H,4-7,9,14H2,1-3H3. The second kappa shape index (κ2) is 4.96. The van der Waals surface area contributed by atoms with Crippen molar-refractivity contribution in [2.45, 2.75) is 39.7 Å². The van der Waals surface area contributed by atoms with E-state index in [1.54, 1.807) is 0 Å². The molecule has 0 radical (unpaired) electrons. The van der Waals surface area contributed by atoms with Crippen LogP contribution < -0.4 is 5.73 Å². The third-order valence-corrected chi connectivity index (χ3v) is 3.42. The quantitative estimate of drug-likeness (QED) is 0.768. The summed E-state index contributed by atoms with van der Waals surface area (Å²) in [6.45, 7) is 10.2. The third-order valence-electron chi connectivity index (χ3n) is 3.42. The monoisotopic (exact) mass is 209 g/mol. The first-order chi connectivity index (χ1) is 6.93. The summed E-state index contributed by atoms with van der Waals surface area (Å²) in [4.78, 5) is 2.44. The second-order valence-electron chi connectivity index (χ2n) is 5.68. The normalized spacial score (nSPS) is 25.1. The maximum absolute atomic E-state index is 8.60. The van der Waals surface area contributed by atoms with Gasteiger partial charge in [0.2, 0.25) is 0 Å². The van der Waals surface area contributed by atoms with Crippen LogP contribution in [0.1, 0.15) is 33.6 Å². The van der Waals surface area contributed by atoms with Crippen LogP contribution in [0.3, 0.4) is 0 Å². The van der Waals surface area contributed by atoms with Crippen molar-refractivity contribution in [1.82, 2.24) is 4.90 Å². The van der Waals surface area contributed by atoms with Crippen LogP contribution in [0.5, 0.6) is 0 Å². The third kappa shape index (κ3) is 3.81. The summed E-state index contributed by atoms with van der Waals surface area (Å²) < 4.78 is 0. The molecule has 3 heteroatoms. The topological polar surface area (TPSA) is 53.0 Å². The number of likely N-dealkylation sites (tertiary alicyclic amines) is 1. The van der Waals surface area contributed by atoms with Crippen molar-refractivity contribution in [2.24, 2.45) is 17.1 Å². The Bertz CT molecular complexity index is 236. The van der Waals surface area contributed by atoms with Crippen molar-refractivity contribution in [2.75, 3.05) is 19.6 Å². The lowest BCUT2D eigenvalue weighted by atomic mass is 9.80. The molecule has 0 aliphatic carbocycles. The van der Waals surface area contributed by atoms with Crippen molar-refractivity contribution < 1.29 is 0 Å². The average Bonchev–Trinajstić information content (AvgIpc) is 2.61. The van der Waals surface area contributed by atoms with Crippen LogP contribution in [0, 0.1) is 22.7 Å². The molecule has 1 aliphatic rings. The van der Waals surface area contributed by atoms with Crippen LogP contribution in [0.2, 0.25) is 0 Å². The highest BCUT2D eigenvalue weighted by Crippen LogP contribution is 2.33. The molecule has 0 spiro atoms. The zero-order valence-electron chi connectivity index (χ0n) is 10.2. The molecule has 0 aromatic rings. The number of nitrogens with zero attached hydrogens (tertiary/aromatic N) is 2. The van der Waals surface area contributed by atoms with Crippen LogP contribution in [-0.2, 0) is 0 Å². The lowest BCUT2D eigenvalue weighted by Gasteiger charge is -2.27. The number of hydrogen-bond donors (Lipinski definition) is 1. The first-order valence-corrected chi connectivity index (χ1v) is 5.81. The van der Waals surface area contributed by atoms with Gasteiger partial charge in [0.15, 0.2) is 0 Å². The maximum atomic E-state index is 8.60. The van der Waals surface area contributed by atoms with Crippen molar-refractivity contribution in [3.63, 3.8) is 0 Å². The first kappa shape index (κ1) is 12.5. The van der Waals surface area contributed by atoms with E-state index in [-0.39, 0.29) is 6.04 Å². The Hall–Kier alpha value is -0.590. The van der Waals surface area contributed by atoms with E-state index in [0.717, 1.165) is 18.9 Å². The van der Waals surface area contributed by atoms with Gasteiger partial charge in [0.1, 0.15) is 0 Å². The molecule has 1 aliphatic heterocycles. The fourth-order valence-electron chi connectivity index (χ4n) is 2.13. The van der Waals surface area contributed by atoms with Gasteiger partial charge in [-0.1, -0.05) is 20.8 Å². The largest absolute Gasteiger partial charge is 0.316 e. The van der Waals surface area contributed by atoms with Gasteiger partial charge in [-0.15, -0.1) is 0 Å². The van der Waals surface area contributed by atoms with Gasteiger partial charge in [0.05, 0.1) is 12.1 Å². The van der Waals surface area contributed by atoms with Gasteiger partial charge >= 0.3 is 0 Å². The highest BCUT2D eigenvalue weighted by molar-refractivity contribution is 4.89. The van der Waals surface area contributed by atoms with Crippen molar-refractivity contribution in [3.8, 4) is 6.07 Å². The molecular formula is C12H23N3. The molecule has 3 nitrogen and oxygen atoms in total. The van der Waals surface area contributed by atoms with E-state index in [1.165, 1.54) is 19.5 Å². The van der Waals surface area contributed by atoms with E-state index >= 15 is 0 Å². The summed E-state index contributed by atoms with van der Waals surface area (Å²) in [5.74, 6) is 0.788. The molecule has 1 rings (SSSR count). The van der Waals surface area contributed by atoms with Crippen molar-refractivity contribution in [3.05, 3.63) is 0 Å². The van der Waals surface area contributed by atoms with E-state index < -0.39 is 0 Å². The van der Waals surface area contributed by atoms with Gasteiger partial charge in [-0.3, -0.25) is 0 Å². The maximum Gasteiger partial charge on any atom is 0.0940 e. The minimum absolute atomic E-state index is 0.293. The molecule has 0 saturated carbocycles. The Labute approximate surface area is 93.2 Å². The Morgan fingerprint density at radius 2 is 2.20 bits per heavy atom. The zero-order valence-corrected chi connectivity index (χ0v) is 10.2. The van der Waals surface area contributed by atoms with Gasteiger partial charge < -0.3 is 10.6 Å². The van der Waals surface area contributed by atoms with Crippen LogP contribution in [0.15, 0.2) is 0 Å². The molecule has 0 aromatic carbocycles. The highest BCUT2D eigenvalue weighted by atomic mass is 15.1. The molecule has 1 fully saturated rings. The Balaban J connectivity index is 2.29. The van der Waals surface area contributed by atoms with Gasteiger partial charge in [0.25, 0.3) is 0 Å². The summed E-state index contributed by atoms with van der Waals surface area (Å²) in [5.41, 5.74) is 5.99. The predicted octanol–water partition coefficient (Wildman–Crippen LogP) is 1.60. The first-order valence-electron chi connectivity index (χ1n) is 5.81. The Kier molecular flexibility index (Phi) is 4.12. The summed E-state index contributed by atoms with van der Waals surface area (Å²) in [6.07, 6.45) is 2.08. The lowest BCUT2D eigenvalue weighted by Crippen LogP contribution is -2.30. The molecule has 1 heterocycles. The number of nitriles is 1. The molecule has 0 amide bonds. The molecule has 2 atom stereocenters. The predicted molar refractivity (Wildman–Crippen MR) is 62.2 cm³/mol. The highest BCUT2D eigenvalue weighted by Gasteiger charge is 2.31. The molecule has 0 aromatic heterocycles. The second-order valence-corrected chi connectivity index (χ2v) is 5.68. The molecule has 2 N–H and O–H groups in total. The molecule has 86 valence electrons. The lowest BCUT2D eigenvalue weighted by molar-refractivity contribution is 0.227. The van der Waals surface area contributed by atoms with Crippen molar-refractivity contribution >= 4 is 0 Å². The SMILES string of the molecule is CC(C)(C)C1CCN(CCC(N)C#N)C1. The van der Waals surface area contributed by atoms with Gasteiger partial charge in [-0.2, -0.15) is 5.26 Å². The number of rotatable bonds is 3. The van der Waals surface area contributed by atoms with Crippen LogP contribution in [0.4, 0.5) is 0 Å². The Morgan fingerprint density at radius 1 is 1.53 bits per heavy atom. The van der Waals surface area contributed by atoms with Crippen LogP contribution >= 0.6 is 0 Å². The summed E-state index contributed by atoms with van der Waals surface area (Å²) in [5, 5.41) is 8.60. The zero-order chi connectivity index (χ0) is 11.5. The van der Waals surface area contributed by atoms with Gasteiger partial charge in [0, 0.05) is 13.1 Å². The molecule has 0 bridgehead atoms. The van der Waals surface area contributed by atoms with Crippen LogP contribution in [-0.4, -0.2) is 30.6 Å². The number of hydrogen-bond acceptors (Lipinski definition) is 3. The molecular weight excluding hydrogens is 186 g/mol. The minimum Gasteiger partial charge on any atom is -0.316 e. The van der Waals surface area contributed by atoms with E-state index in [0.29, 0.717) is 5.41 Å². The summed E-state index contributed by atoms with van der Waals surface area (Å²) in [7, 11) is 0. The van der Waals surface area contributed by atoms with E-state index in [9.17, 15) is 0 Å². The fourth-order valence-corrected chi connectivity index (χ4v) is 2.13. The number of nitrogens with two attached hydrogens (primary N) is 1. The molecule has 1 saturated heterocycles. The molecule has 2 unspecified atom stereocenters. The summed E-state index contributed by atoms with van der Waals surface area (Å²) in [6, 6.07) is 1.79. The van der Waals surface area contributed by atoms with Gasteiger partial charge in [-0.05, 0) is 30.7 Å². The van der Waals surface area contributed by atoms with E-state index in [2.05, 4.69) is 31.7 Å².